The molecule has 2 atom stereocenters. The van der Waals surface area contributed by atoms with Crippen molar-refractivity contribution in [3.63, 3.8) is 0 Å². The maximum absolute atomic E-state index is 6.26. The number of nitrogens with zero attached hydrogens (tertiary/aromatic N) is 1. The number of rotatable bonds is 5. The van der Waals surface area contributed by atoms with Gasteiger partial charge in [-0.15, -0.1) is 0 Å². The van der Waals surface area contributed by atoms with E-state index in [1.165, 1.54) is 5.56 Å². The third-order valence-electron chi connectivity index (χ3n) is 2.97. The van der Waals surface area contributed by atoms with Gasteiger partial charge in [0, 0.05) is 11.3 Å². The van der Waals surface area contributed by atoms with Crippen LogP contribution >= 0.6 is 11.8 Å². The normalized spacial score (nSPS) is 14.4. The van der Waals surface area contributed by atoms with E-state index >= 15 is 0 Å². The number of benzene rings is 1. The molecule has 0 amide bonds. The van der Waals surface area contributed by atoms with Crippen LogP contribution in [0.1, 0.15) is 31.0 Å². The Morgan fingerprint density at radius 2 is 2.06 bits per heavy atom. The van der Waals surface area contributed by atoms with Crippen molar-refractivity contribution in [3.8, 4) is 0 Å². The third-order valence-corrected chi connectivity index (χ3v) is 4.04. The molecule has 2 aromatic rings. The SMILES string of the molecule is CCc1ccc(C(N)C(C)Sc2ncco2)cc1. The van der Waals surface area contributed by atoms with Crippen LogP contribution in [-0.2, 0) is 6.42 Å². The first-order chi connectivity index (χ1) is 8.70. The Morgan fingerprint density at radius 3 is 2.61 bits per heavy atom. The number of hydrogen-bond donors (Lipinski definition) is 1. The maximum atomic E-state index is 6.26. The zero-order chi connectivity index (χ0) is 13.0. The van der Waals surface area contributed by atoms with Gasteiger partial charge < -0.3 is 10.2 Å². The quantitative estimate of drug-likeness (QED) is 0.839. The van der Waals surface area contributed by atoms with Gasteiger partial charge in [0.25, 0.3) is 5.22 Å². The molecular weight excluding hydrogens is 244 g/mol. The summed E-state index contributed by atoms with van der Waals surface area (Å²) < 4.78 is 5.22. The second-order valence-electron chi connectivity index (χ2n) is 4.24. The van der Waals surface area contributed by atoms with Crippen molar-refractivity contribution in [2.24, 2.45) is 5.73 Å². The highest BCUT2D eigenvalue weighted by atomic mass is 32.2. The lowest BCUT2D eigenvalue weighted by molar-refractivity contribution is 0.452. The minimum atomic E-state index is -0.0205. The van der Waals surface area contributed by atoms with Gasteiger partial charge in [-0.05, 0) is 17.5 Å². The molecule has 1 aromatic carbocycles. The Labute approximate surface area is 112 Å². The lowest BCUT2D eigenvalue weighted by Gasteiger charge is -2.18. The summed E-state index contributed by atoms with van der Waals surface area (Å²) in [4.78, 5) is 4.10. The van der Waals surface area contributed by atoms with Gasteiger partial charge in [-0.2, -0.15) is 0 Å². The van der Waals surface area contributed by atoms with Crippen LogP contribution in [0, 0.1) is 0 Å². The van der Waals surface area contributed by atoms with Gasteiger partial charge in [0.15, 0.2) is 0 Å². The Bertz CT molecular complexity index is 467. The molecule has 0 spiro atoms. The van der Waals surface area contributed by atoms with E-state index in [2.05, 4.69) is 43.1 Å². The Hall–Kier alpha value is -1.26. The average molecular weight is 262 g/mol. The van der Waals surface area contributed by atoms with Crippen molar-refractivity contribution in [2.45, 2.75) is 36.8 Å². The van der Waals surface area contributed by atoms with Gasteiger partial charge in [-0.1, -0.05) is 49.9 Å². The van der Waals surface area contributed by atoms with E-state index in [0.717, 1.165) is 12.0 Å². The summed E-state index contributed by atoms with van der Waals surface area (Å²) in [6.45, 7) is 4.24. The molecule has 96 valence electrons. The topological polar surface area (TPSA) is 52.0 Å². The minimum absolute atomic E-state index is 0.0205. The molecule has 0 saturated heterocycles. The minimum Gasteiger partial charge on any atom is -0.440 e. The molecule has 1 heterocycles. The molecule has 0 bridgehead atoms. The molecule has 3 nitrogen and oxygen atoms in total. The van der Waals surface area contributed by atoms with Crippen molar-refractivity contribution in [1.29, 1.82) is 0 Å². The number of aromatic nitrogens is 1. The summed E-state index contributed by atoms with van der Waals surface area (Å²) in [5.74, 6) is 0. The van der Waals surface area contributed by atoms with Gasteiger partial charge in [-0.25, -0.2) is 4.98 Å². The highest BCUT2D eigenvalue weighted by Gasteiger charge is 2.17. The maximum Gasteiger partial charge on any atom is 0.255 e. The largest absolute Gasteiger partial charge is 0.440 e. The Balaban J connectivity index is 2.02. The standard InChI is InChI=1S/C14H18N2OS/c1-3-11-4-6-12(7-5-11)13(15)10(2)18-14-16-8-9-17-14/h4-10,13H,3,15H2,1-2H3. The zero-order valence-electron chi connectivity index (χ0n) is 10.7. The monoisotopic (exact) mass is 262 g/mol. The lowest BCUT2D eigenvalue weighted by Crippen LogP contribution is -2.21. The van der Waals surface area contributed by atoms with E-state index in [9.17, 15) is 0 Å². The summed E-state index contributed by atoms with van der Waals surface area (Å²) in [7, 11) is 0. The van der Waals surface area contributed by atoms with Crippen molar-refractivity contribution in [2.75, 3.05) is 0 Å². The first kappa shape index (κ1) is 13.2. The van der Waals surface area contributed by atoms with Crippen LogP contribution in [0.5, 0.6) is 0 Å². The van der Waals surface area contributed by atoms with Crippen LogP contribution in [0.15, 0.2) is 46.4 Å². The molecule has 0 aliphatic carbocycles. The Morgan fingerprint density at radius 1 is 1.33 bits per heavy atom. The molecule has 0 radical (unpaired) electrons. The first-order valence-corrected chi connectivity index (χ1v) is 6.99. The third kappa shape index (κ3) is 3.15. The van der Waals surface area contributed by atoms with E-state index in [-0.39, 0.29) is 11.3 Å². The van der Waals surface area contributed by atoms with Crippen LogP contribution in [0.4, 0.5) is 0 Å². The van der Waals surface area contributed by atoms with Crippen molar-refractivity contribution >= 4 is 11.8 Å². The summed E-state index contributed by atoms with van der Waals surface area (Å²) in [6.07, 6.45) is 4.28. The van der Waals surface area contributed by atoms with Crippen LogP contribution in [0.2, 0.25) is 0 Å². The van der Waals surface area contributed by atoms with Crippen LogP contribution in [0.25, 0.3) is 0 Å². The van der Waals surface area contributed by atoms with Crippen LogP contribution in [-0.4, -0.2) is 10.2 Å². The number of nitrogens with two attached hydrogens (primary N) is 1. The number of oxazole rings is 1. The van der Waals surface area contributed by atoms with Gasteiger partial charge in [-0.3, -0.25) is 0 Å². The average Bonchev–Trinajstić information content (AvgIpc) is 2.91. The van der Waals surface area contributed by atoms with Crippen LogP contribution in [0.3, 0.4) is 0 Å². The van der Waals surface area contributed by atoms with Gasteiger partial charge in [0.05, 0.1) is 6.20 Å². The van der Waals surface area contributed by atoms with Crippen LogP contribution < -0.4 is 5.73 Å². The number of thioether (sulfide) groups is 1. The summed E-state index contributed by atoms with van der Waals surface area (Å²) >= 11 is 1.56. The molecule has 4 heteroatoms. The summed E-state index contributed by atoms with van der Waals surface area (Å²) in [5.41, 5.74) is 8.74. The molecule has 2 unspecified atom stereocenters. The predicted molar refractivity (Wildman–Crippen MR) is 74.6 cm³/mol. The fraction of sp³-hybridized carbons (Fsp3) is 0.357. The van der Waals surface area contributed by atoms with E-state index < -0.39 is 0 Å². The molecule has 0 aliphatic rings. The van der Waals surface area contributed by atoms with E-state index in [4.69, 9.17) is 10.2 Å². The second kappa shape index (κ2) is 6.07. The fourth-order valence-electron chi connectivity index (χ4n) is 1.75. The van der Waals surface area contributed by atoms with Gasteiger partial charge in [0.2, 0.25) is 0 Å². The second-order valence-corrected chi connectivity index (χ2v) is 5.57. The molecule has 1 aromatic heterocycles. The summed E-state index contributed by atoms with van der Waals surface area (Å²) in [6, 6.07) is 8.47. The molecule has 2 N–H and O–H groups in total. The predicted octanol–water partition coefficient (Wildman–Crippen LogP) is 3.42. The van der Waals surface area contributed by atoms with E-state index in [0.29, 0.717) is 5.22 Å². The van der Waals surface area contributed by atoms with Gasteiger partial charge >= 0.3 is 0 Å². The smallest absolute Gasteiger partial charge is 0.255 e. The zero-order valence-corrected chi connectivity index (χ0v) is 11.5. The van der Waals surface area contributed by atoms with Crippen molar-refractivity contribution in [1.82, 2.24) is 4.98 Å². The molecule has 18 heavy (non-hydrogen) atoms. The summed E-state index contributed by atoms with van der Waals surface area (Å²) in [5, 5.41) is 0.888. The van der Waals surface area contributed by atoms with E-state index in [1.54, 1.807) is 24.2 Å². The first-order valence-electron chi connectivity index (χ1n) is 6.11. The molecule has 0 fully saturated rings. The Kier molecular flexibility index (Phi) is 4.44. The highest BCUT2D eigenvalue weighted by Crippen LogP contribution is 2.29. The van der Waals surface area contributed by atoms with Gasteiger partial charge in [0.1, 0.15) is 6.26 Å². The molecular formula is C14H18N2OS. The number of hydrogen-bond acceptors (Lipinski definition) is 4. The molecule has 2 rings (SSSR count). The molecule has 0 saturated carbocycles. The lowest BCUT2D eigenvalue weighted by atomic mass is 10.0. The molecule has 0 aliphatic heterocycles. The number of aryl methyl sites for hydroxylation is 1. The highest BCUT2D eigenvalue weighted by molar-refractivity contribution is 7.99. The van der Waals surface area contributed by atoms with E-state index in [1.807, 2.05) is 0 Å². The fourth-order valence-corrected chi connectivity index (χ4v) is 2.60. The van der Waals surface area contributed by atoms with Crippen molar-refractivity contribution in [3.05, 3.63) is 47.9 Å². The van der Waals surface area contributed by atoms with Crippen molar-refractivity contribution < 1.29 is 4.42 Å².